The molecule has 162 valence electrons. The molecule has 0 radical (unpaired) electrons. The molecule has 0 saturated carbocycles. The number of sulfonamides is 1. The minimum absolute atomic E-state index is 0.0869. The summed E-state index contributed by atoms with van der Waals surface area (Å²) in [4.78, 5) is 15.2. The quantitative estimate of drug-likeness (QED) is 0.669. The third-order valence-corrected chi connectivity index (χ3v) is 8.17. The van der Waals surface area contributed by atoms with Gasteiger partial charge in [-0.1, -0.05) is 29.8 Å². The van der Waals surface area contributed by atoms with Gasteiger partial charge in [0.05, 0.1) is 4.90 Å². The maximum Gasteiger partial charge on any atom is 0.251 e. The van der Waals surface area contributed by atoms with Crippen LogP contribution in [-0.2, 0) is 16.6 Å². The van der Waals surface area contributed by atoms with Crippen molar-refractivity contribution in [2.24, 2.45) is 0 Å². The highest BCUT2D eigenvalue weighted by Gasteiger charge is 2.24. The van der Waals surface area contributed by atoms with Gasteiger partial charge in [-0.15, -0.1) is 0 Å². The Balaban J connectivity index is 1.60. The van der Waals surface area contributed by atoms with Crippen molar-refractivity contribution in [2.45, 2.75) is 37.2 Å². The molecule has 0 unspecified atom stereocenters. The number of carbonyl (C=O) groups is 1. The standard InChI is InChI=1S/C22H28BrN3O3S/c1-16-5-4-6-17(13-16)15-26-11-9-19(10-12-26)24-22(27)18-7-8-20(23)21(14-18)30(28,29)25(2)3/h4-8,13-14,19H,9-12,15H2,1-3H3,(H,24,27). The topological polar surface area (TPSA) is 69.7 Å². The summed E-state index contributed by atoms with van der Waals surface area (Å²) in [7, 11) is -0.694. The molecule has 30 heavy (non-hydrogen) atoms. The molecule has 2 aromatic carbocycles. The van der Waals surface area contributed by atoms with Crippen LogP contribution in [-0.4, -0.2) is 56.8 Å². The van der Waals surface area contributed by atoms with Gasteiger partial charge in [0.15, 0.2) is 0 Å². The van der Waals surface area contributed by atoms with Gasteiger partial charge >= 0.3 is 0 Å². The second-order valence-corrected chi connectivity index (χ2v) is 10.9. The first kappa shape index (κ1) is 22.9. The van der Waals surface area contributed by atoms with Crippen LogP contribution in [0.1, 0.15) is 34.3 Å². The summed E-state index contributed by atoms with van der Waals surface area (Å²) in [5, 5.41) is 3.07. The molecule has 0 bridgehead atoms. The Morgan fingerprint density at radius 3 is 2.50 bits per heavy atom. The largest absolute Gasteiger partial charge is 0.349 e. The molecule has 1 N–H and O–H groups in total. The molecule has 1 aliphatic rings. The number of nitrogens with zero attached hydrogens (tertiary/aromatic N) is 2. The number of hydrogen-bond donors (Lipinski definition) is 1. The van der Waals surface area contributed by atoms with Crippen molar-refractivity contribution < 1.29 is 13.2 Å². The highest BCUT2D eigenvalue weighted by atomic mass is 79.9. The third kappa shape index (κ3) is 5.49. The van der Waals surface area contributed by atoms with Crippen molar-refractivity contribution in [3.63, 3.8) is 0 Å². The lowest BCUT2D eigenvalue weighted by molar-refractivity contribution is 0.0908. The van der Waals surface area contributed by atoms with E-state index in [1.54, 1.807) is 12.1 Å². The minimum Gasteiger partial charge on any atom is -0.349 e. The van der Waals surface area contributed by atoms with E-state index >= 15 is 0 Å². The minimum atomic E-state index is -3.64. The van der Waals surface area contributed by atoms with E-state index in [4.69, 9.17) is 0 Å². The molecule has 1 saturated heterocycles. The van der Waals surface area contributed by atoms with Gasteiger partial charge < -0.3 is 5.32 Å². The third-order valence-electron chi connectivity index (χ3n) is 5.36. The zero-order chi connectivity index (χ0) is 21.9. The summed E-state index contributed by atoms with van der Waals surface area (Å²) in [6.45, 7) is 4.85. The number of rotatable bonds is 6. The Kier molecular flexibility index (Phi) is 7.34. The van der Waals surface area contributed by atoms with Crippen LogP contribution in [0, 0.1) is 6.92 Å². The highest BCUT2D eigenvalue weighted by molar-refractivity contribution is 9.10. The molecule has 1 amide bonds. The van der Waals surface area contributed by atoms with E-state index in [0.717, 1.165) is 36.8 Å². The molecule has 3 rings (SSSR count). The number of benzene rings is 2. The van der Waals surface area contributed by atoms with Crippen LogP contribution >= 0.6 is 15.9 Å². The van der Waals surface area contributed by atoms with Crippen molar-refractivity contribution in [1.82, 2.24) is 14.5 Å². The first-order chi connectivity index (χ1) is 14.2. The van der Waals surface area contributed by atoms with Gasteiger partial charge in [0.25, 0.3) is 5.91 Å². The Morgan fingerprint density at radius 1 is 1.17 bits per heavy atom. The Morgan fingerprint density at radius 2 is 1.87 bits per heavy atom. The lowest BCUT2D eigenvalue weighted by Gasteiger charge is -2.32. The molecule has 2 aromatic rings. The van der Waals surface area contributed by atoms with E-state index < -0.39 is 10.0 Å². The van der Waals surface area contributed by atoms with Crippen LogP contribution in [0.2, 0.25) is 0 Å². The number of carbonyl (C=O) groups excluding carboxylic acids is 1. The molecule has 1 heterocycles. The summed E-state index contributed by atoms with van der Waals surface area (Å²) >= 11 is 3.28. The van der Waals surface area contributed by atoms with Gasteiger partial charge in [0.1, 0.15) is 0 Å². The lowest BCUT2D eigenvalue weighted by Crippen LogP contribution is -2.44. The van der Waals surface area contributed by atoms with Gasteiger partial charge in [-0.3, -0.25) is 9.69 Å². The summed E-state index contributed by atoms with van der Waals surface area (Å²) in [5.41, 5.74) is 2.92. The predicted octanol–water partition coefficient (Wildman–Crippen LogP) is 3.40. The van der Waals surface area contributed by atoms with Crippen LogP contribution < -0.4 is 5.32 Å². The predicted molar refractivity (Wildman–Crippen MR) is 122 cm³/mol. The second kappa shape index (κ2) is 9.60. The lowest BCUT2D eigenvalue weighted by atomic mass is 10.0. The number of amides is 1. The van der Waals surface area contributed by atoms with Gasteiger partial charge in [-0.05, 0) is 59.5 Å². The average molecular weight is 494 g/mol. The summed E-state index contributed by atoms with van der Waals surface area (Å²) in [5.74, 6) is -0.241. The van der Waals surface area contributed by atoms with Crippen LogP contribution in [0.4, 0.5) is 0 Å². The summed E-state index contributed by atoms with van der Waals surface area (Å²) < 4.78 is 26.5. The molecular formula is C22H28BrN3O3S. The molecule has 0 spiro atoms. The SMILES string of the molecule is Cc1cccc(CN2CCC(NC(=O)c3ccc(Br)c(S(=O)(=O)N(C)C)c3)CC2)c1. The number of nitrogens with one attached hydrogen (secondary N) is 1. The van der Waals surface area contributed by atoms with Gasteiger partial charge in [0.2, 0.25) is 10.0 Å². The van der Waals surface area contributed by atoms with Crippen LogP contribution in [0.15, 0.2) is 51.8 Å². The highest BCUT2D eigenvalue weighted by Crippen LogP contribution is 2.25. The van der Waals surface area contributed by atoms with Crippen molar-refractivity contribution in [2.75, 3.05) is 27.2 Å². The van der Waals surface area contributed by atoms with Gasteiger partial charge in [-0.25, -0.2) is 12.7 Å². The van der Waals surface area contributed by atoms with E-state index in [1.807, 2.05) is 0 Å². The molecular weight excluding hydrogens is 466 g/mol. The van der Waals surface area contributed by atoms with Crippen LogP contribution in [0.25, 0.3) is 0 Å². The number of halogens is 1. The number of likely N-dealkylation sites (tertiary alicyclic amines) is 1. The number of hydrogen-bond acceptors (Lipinski definition) is 4. The molecule has 1 aliphatic heterocycles. The molecule has 8 heteroatoms. The van der Waals surface area contributed by atoms with E-state index in [1.165, 1.54) is 31.3 Å². The first-order valence-corrected chi connectivity index (χ1v) is 12.2. The number of piperidine rings is 1. The maximum absolute atomic E-state index is 12.7. The zero-order valence-corrected chi connectivity index (χ0v) is 20.0. The van der Waals surface area contributed by atoms with Gasteiger partial charge in [0, 0.05) is 49.8 Å². The molecule has 1 fully saturated rings. The number of aryl methyl sites for hydroxylation is 1. The van der Waals surface area contributed by atoms with E-state index in [-0.39, 0.29) is 16.8 Å². The molecule has 0 aliphatic carbocycles. The van der Waals surface area contributed by atoms with Crippen molar-refractivity contribution in [3.8, 4) is 0 Å². The molecule has 0 atom stereocenters. The summed E-state index contributed by atoms with van der Waals surface area (Å²) in [6.07, 6.45) is 1.74. The summed E-state index contributed by atoms with van der Waals surface area (Å²) in [6, 6.07) is 13.3. The molecule has 0 aromatic heterocycles. The van der Waals surface area contributed by atoms with Crippen molar-refractivity contribution in [1.29, 1.82) is 0 Å². The van der Waals surface area contributed by atoms with Crippen LogP contribution in [0.3, 0.4) is 0 Å². The fourth-order valence-corrected chi connectivity index (χ4v) is 5.46. The van der Waals surface area contributed by atoms with Crippen molar-refractivity contribution >= 4 is 31.9 Å². The smallest absolute Gasteiger partial charge is 0.251 e. The van der Waals surface area contributed by atoms with Crippen molar-refractivity contribution in [3.05, 3.63) is 63.6 Å². The van der Waals surface area contributed by atoms with E-state index in [0.29, 0.717) is 10.0 Å². The fraction of sp³-hybridized carbons (Fsp3) is 0.409. The molecule has 6 nitrogen and oxygen atoms in total. The van der Waals surface area contributed by atoms with E-state index in [9.17, 15) is 13.2 Å². The Bertz CT molecular complexity index is 1020. The Hall–Kier alpha value is -1.74. The first-order valence-electron chi connectivity index (χ1n) is 9.97. The van der Waals surface area contributed by atoms with E-state index in [2.05, 4.69) is 57.3 Å². The van der Waals surface area contributed by atoms with Gasteiger partial charge in [-0.2, -0.15) is 0 Å². The van der Waals surface area contributed by atoms with Crippen LogP contribution in [0.5, 0.6) is 0 Å². The monoisotopic (exact) mass is 493 g/mol. The second-order valence-electron chi connectivity index (χ2n) is 7.95. The average Bonchev–Trinajstić information content (AvgIpc) is 2.69. The normalized spacial score (nSPS) is 16.0. The Labute approximate surface area is 187 Å². The zero-order valence-electron chi connectivity index (χ0n) is 17.6. The maximum atomic E-state index is 12.7. The fourth-order valence-electron chi connectivity index (χ4n) is 3.61.